The van der Waals surface area contributed by atoms with Gasteiger partial charge in [0.15, 0.2) is 12.0 Å². The largest absolute Gasteiger partial charge is 0.394 e. The molecule has 0 bridgehead atoms. The highest BCUT2D eigenvalue weighted by molar-refractivity contribution is 8.03. The van der Waals surface area contributed by atoms with Crippen molar-refractivity contribution in [2.24, 2.45) is 0 Å². The van der Waals surface area contributed by atoms with E-state index in [1.54, 1.807) is 11.9 Å². The molecule has 0 aromatic carbocycles. The van der Waals surface area contributed by atoms with Crippen LogP contribution in [0.4, 0.5) is 17.6 Å². The Morgan fingerprint density at radius 3 is 2.73 bits per heavy atom. The quantitative estimate of drug-likeness (QED) is 0.466. The fourth-order valence-corrected chi connectivity index (χ4v) is 3.53. The van der Waals surface area contributed by atoms with Crippen LogP contribution in [0, 0.1) is 0 Å². The minimum atomic E-state index is -1.21. The van der Waals surface area contributed by atoms with E-state index in [-0.39, 0.29) is 5.95 Å². The van der Waals surface area contributed by atoms with Crippen molar-refractivity contribution >= 4 is 29.3 Å². The molecule has 0 radical (unpaired) electrons. The van der Waals surface area contributed by atoms with Crippen LogP contribution in [0.15, 0.2) is 16.5 Å². The summed E-state index contributed by atoms with van der Waals surface area (Å²) >= 11 is 1.31. The number of aromatic nitrogens is 2. The van der Waals surface area contributed by atoms with Crippen molar-refractivity contribution in [3.63, 3.8) is 0 Å². The number of ether oxygens (including phenoxy) is 1. The molecule has 0 aliphatic carbocycles. The third-order valence-electron chi connectivity index (χ3n) is 3.59. The van der Waals surface area contributed by atoms with Crippen LogP contribution in [0.3, 0.4) is 0 Å². The summed E-state index contributed by atoms with van der Waals surface area (Å²) in [4.78, 5) is 10.5. The van der Waals surface area contributed by atoms with Gasteiger partial charge >= 0.3 is 0 Å². The van der Waals surface area contributed by atoms with Crippen LogP contribution >= 0.6 is 11.8 Å². The van der Waals surface area contributed by atoms with Crippen LogP contribution in [0.25, 0.3) is 0 Å². The van der Waals surface area contributed by atoms with E-state index in [4.69, 9.17) is 10.5 Å². The Balaban J connectivity index is 2.01. The summed E-state index contributed by atoms with van der Waals surface area (Å²) in [5.74, 6) is 1.06. The van der Waals surface area contributed by atoms with Gasteiger partial charge < -0.3 is 31.1 Å². The first-order valence-corrected chi connectivity index (χ1v) is 7.43. The van der Waals surface area contributed by atoms with Crippen molar-refractivity contribution < 1.29 is 20.1 Å². The Morgan fingerprint density at radius 2 is 2.14 bits per heavy atom. The zero-order valence-electron chi connectivity index (χ0n) is 11.8. The summed E-state index contributed by atoms with van der Waals surface area (Å²) in [5, 5.41) is 32.8. The second-order valence-corrected chi connectivity index (χ2v) is 6.01. The highest BCUT2D eigenvalue weighted by atomic mass is 32.2. The molecule has 0 unspecified atom stereocenters. The van der Waals surface area contributed by atoms with Gasteiger partial charge in [-0.2, -0.15) is 9.97 Å². The average molecular weight is 327 g/mol. The van der Waals surface area contributed by atoms with Crippen molar-refractivity contribution in [2.45, 2.75) is 29.4 Å². The Morgan fingerprint density at radius 1 is 1.41 bits per heavy atom. The smallest absolute Gasteiger partial charge is 0.224 e. The molecule has 0 saturated carbocycles. The van der Waals surface area contributed by atoms with Crippen LogP contribution < -0.4 is 16.0 Å². The van der Waals surface area contributed by atoms with Crippen LogP contribution in [-0.4, -0.2) is 63.5 Å². The van der Waals surface area contributed by atoms with E-state index < -0.39 is 31.1 Å². The van der Waals surface area contributed by atoms with E-state index in [9.17, 15) is 15.3 Å². The number of aliphatic hydroxyl groups excluding tert-OH is 3. The molecule has 3 heterocycles. The molecule has 1 fully saturated rings. The van der Waals surface area contributed by atoms with E-state index in [0.717, 1.165) is 0 Å². The average Bonchev–Trinajstić information content (AvgIpc) is 2.96. The van der Waals surface area contributed by atoms with Crippen molar-refractivity contribution in [1.29, 1.82) is 0 Å². The minimum Gasteiger partial charge on any atom is -0.394 e. The molecule has 3 rings (SSSR count). The van der Waals surface area contributed by atoms with Gasteiger partial charge in [-0.25, -0.2) is 0 Å². The van der Waals surface area contributed by atoms with Gasteiger partial charge in [-0.3, -0.25) is 4.90 Å². The van der Waals surface area contributed by atoms with E-state index in [2.05, 4.69) is 21.9 Å². The molecule has 6 N–H and O–H groups in total. The number of rotatable bonds is 3. The molecule has 10 heteroatoms. The highest BCUT2D eigenvalue weighted by Gasteiger charge is 2.48. The summed E-state index contributed by atoms with van der Waals surface area (Å²) < 4.78 is 5.54. The SMILES string of the molecule is C=C1Sc2c(NC)nc(N)nc2N1[C@@H]1O[C@H](CO)[C@@H](O)[C@H]1O. The number of nitrogens with one attached hydrogen (secondary N) is 1. The first-order chi connectivity index (χ1) is 10.5. The molecule has 120 valence electrons. The third kappa shape index (κ3) is 2.20. The van der Waals surface area contributed by atoms with Gasteiger partial charge in [-0.15, -0.1) is 0 Å². The number of anilines is 3. The number of fused-ring (bicyclic) bond motifs is 1. The summed E-state index contributed by atoms with van der Waals surface area (Å²) in [5.41, 5.74) is 5.71. The summed E-state index contributed by atoms with van der Waals surface area (Å²) in [6, 6.07) is 0. The molecule has 2 aliphatic rings. The molecule has 22 heavy (non-hydrogen) atoms. The Bertz CT molecular complexity index is 615. The number of nitrogens with zero attached hydrogens (tertiary/aromatic N) is 3. The predicted octanol–water partition coefficient (Wildman–Crippen LogP) is -1.08. The number of nitrogens with two attached hydrogens (primary N) is 1. The monoisotopic (exact) mass is 327 g/mol. The topological polar surface area (TPSA) is 137 Å². The minimum absolute atomic E-state index is 0.0649. The van der Waals surface area contributed by atoms with Gasteiger partial charge in [0.05, 0.1) is 16.5 Å². The molecule has 9 nitrogen and oxygen atoms in total. The molecule has 0 spiro atoms. The van der Waals surface area contributed by atoms with Gasteiger partial charge in [0.25, 0.3) is 0 Å². The first kappa shape index (κ1) is 15.3. The van der Waals surface area contributed by atoms with Gasteiger partial charge in [0, 0.05) is 7.05 Å². The lowest BCUT2D eigenvalue weighted by atomic mass is 10.1. The number of aliphatic hydroxyl groups is 3. The van der Waals surface area contributed by atoms with Crippen LogP contribution in [0.5, 0.6) is 0 Å². The molecule has 1 aromatic rings. The molecule has 1 aromatic heterocycles. The lowest BCUT2D eigenvalue weighted by Gasteiger charge is -2.27. The van der Waals surface area contributed by atoms with Crippen LogP contribution in [0.1, 0.15) is 0 Å². The lowest BCUT2D eigenvalue weighted by Crippen LogP contribution is -2.42. The molecule has 4 atom stereocenters. The Hall–Kier alpha value is -1.59. The Kier molecular flexibility index (Phi) is 3.87. The summed E-state index contributed by atoms with van der Waals surface area (Å²) in [6.07, 6.45) is -4.19. The molecular formula is C12H17N5O4S. The molecular weight excluding hydrogens is 310 g/mol. The van der Waals surface area contributed by atoms with Crippen LogP contribution in [-0.2, 0) is 4.74 Å². The molecule has 1 saturated heterocycles. The number of thioether (sulfide) groups is 1. The molecule has 0 amide bonds. The van der Waals surface area contributed by atoms with E-state index in [1.807, 2.05) is 0 Å². The van der Waals surface area contributed by atoms with Crippen molar-refractivity contribution in [1.82, 2.24) is 9.97 Å². The predicted molar refractivity (Wildman–Crippen MR) is 81.2 cm³/mol. The molecule has 2 aliphatic heterocycles. The van der Waals surface area contributed by atoms with Gasteiger partial charge in [0.2, 0.25) is 5.95 Å². The van der Waals surface area contributed by atoms with Crippen LogP contribution in [0.2, 0.25) is 0 Å². The number of hydrogen-bond donors (Lipinski definition) is 5. The zero-order chi connectivity index (χ0) is 16.0. The lowest BCUT2D eigenvalue weighted by molar-refractivity contribution is -0.0205. The van der Waals surface area contributed by atoms with Crippen molar-refractivity contribution in [3.05, 3.63) is 11.6 Å². The van der Waals surface area contributed by atoms with Crippen molar-refractivity contribution in [2.75, 3.05) is 29.6 Å². The first-order valence-electron chi connectivity index (χ1n) is 6.61. The standard InChI is InChI=1S/C12H17N5O4S/c1-4-17(11-7(20)6(19)5(3-18)21-11)10-8(22-4)9(14-2)15-12(13)16-10/h5-7,11,18-20H,1,3H2,2H3,(H3,13,14,15,16)/t5-,6-,7-,11-/m1/s1. The van der Waals surface area contributed by atoms with Crippen molar-refractivity contribution in [3.8, 4) is 0 Å². The zero-order valence-corrected chi connectivity index (χ0v) is 12.6. The van der Waals surface area contributed by atoms with E-state index in [0.29, 0.717) is 21.6 Å². The van der Waals surface area contributed by atoms with E-state index in [1.165, 1.54) is 11.8 Å². The third-order valence-corrected chi connectivity index (χ3v) is 4.60. The maximum absolute atomic E-state index is 10.2. The second kappa shape index (κ2) is 5.56. The highest BCUT2D eigenvalue weighted by Crippen LogP contribution is 2.49. The summed E-state index contributed by atoms with van der Waals surface area (Å²) in [7, 11) is 1.71. The van der Waals surface area contributed by atoms with Gasteiger partial charge in [-0.05, 0) is 0 Å². The fraction of sp³-hybridized carbons (Fsp3) is 0.500. The van der Waals surface area contributed by atoms with Gasteiger partial charge in [0.1, 0.15) is 24.1 Å². The van der Waals surface area contributed by atoms with E-state index >= 15 is 0 Å². The maximum Gasteiger partial charge on any atom is 0.224 e. The van der Waals surface area contributed by atoms with Gasteiger partial charge in [-0.1, -0.05) is 18.3 Å². The maximum atomic E-state index is 10.2. The fourth-order valence-electron chi connectivity index (χ4n) is 2.52. The Labute approximate surface area is 130 Å². The number of nitrogen functional groups attached to an aromatic ring is 1. The second-order valence-electron chi connectivity index (χ2n) is 4.93. The summed E-state index contributed by atoms with van der Waals surface area (Å²) in [6.45, 7) is 3.53. The number of hydrogen-bond acceptors (Lipinski definition) is 10. The normalized spacial score (nSPS) is 30.7.